The minimum Gasteiger partial charge on any atom is -0.354 e. The summed E-state index contributed by atoms with van der Waals surface area (Å²) in [6.45, 7) is 13.1. The van der Waals surface area contributed by atoms with E-state index in [0.29, 0.717) is 6.04 Å². The van der Waals surface area contributed by atoms with Gasteiger partial charge < -0.3 is 10.2 Å². The van der Waals surface area contributed by atoms with Gasteiger partial charge in [-0.25, -0.2) is 0 Å². The van der Waals surface area contributed by atoms with Crippen LogP contribution in [0.2, 0.25) is 0 Å². The largest absolute Gasteiger partial charge is 0.354 e. The standard InChI is InChI=1S/C16H30N4/c1-12-9-7-8-10-20(12)15-14(11-17-16(3,4)5)13(2)18-19(15)6/h12,17H,7-11H2,1-6H3. The molecule has 1 aliphatic heterocycles. The second kappa shape index (κ2) is 5.76. The van der Waals surface area contributed by atoms with Crippen molar-refractivity contribution in [3.8, 4) is 0 Å². The Bertz CT molecular complexity index is 456. The maximum Gasteiger partial charge on any atom is 0.131 e. The third kappa shape index (κ3) is 3.35. The van der Waals surface area contributed by atoms with Crippen LogP contribution in [0.1, 0.15) is 58.2 Å². The van der Waals surface area contributed by atoms with Gasteiger partial charge in [0.25, 0.3) is 0 Å². The minimum absolute atomic E-state index is 0.132. The third-order valence-electron chi connectivity index (χ3n) is 4.18. The van der Waals surface area contributed by atoms with E-state index in [4.69, 9.17) is 0 Å². The van der Waals surface area contributed by atoms with Crippen molar-refractivity contribution in [3.63, 3.8) is 0 Å². The van der Waals surface area contributed by atoms with Crippen LogP contribution in [-0.2, 0) is 13.6 Å². The Hall–Kier alpha value is -1.03. The van der Waals surface area contributed by atoms with E-state index in [1.54, 1.807) is 0 Å². The van der Waals surface area contributed by atoms with Gasteiger partial charge in [-0.1, -0.05) is 0 Å². The Balaban J connectivity index is 2.27. The molecular weight excluding hydrogens is 248 g/mol. The maximum atomic E-state index is 4.66. The number of piperidine rings is 1. The molecule has 1 unspecified atom stereocenters. The van der Waals surface area contributed by atoms with E-state index >= 15 is 0 Å². The molecule has 0 bridgehead atoms. The Morgan fingerprint density at radius 1 is 1.30 bits per heavy atom. The molecule has 0 aromatic carbocycles. The fourth-order valence-corrected chi connectivity index (χ4v) is 3.02. The van der Waals surface area contributed by atoms with Crippen LogP contribution in [0.5, 0.6) is 0 Å². The normalized spacial score (nSPS) is 20.5. The van der Waals surface area contributed by atoms with Crippen molar-refractivity contribution in [1.82, 2.24) is 15.1 Å². The summed E-state index contributed by atoms with van der Waals surface area (Å²) in [4.78, 5) is 2.54. The first-order valence-corrected chi connectivity index (χ1v) is 7.84. The average Bonchev–Trinajstić information content (AvgIpc) is 2.61. The first kappa shape index (κ1) is 15.4. The average molecular weight is 278 g/mol. The lowest BCUT2D eigenvalue weighted by atomic mass is 10.0. The number of hydrogen-bond donors (Lipinski definition) is 1. The monoisotopic (exact) mass is 278 g/mol. The number of hydrogen-bond acceptors (Lipinski definition) is 3. The summed E-state index contributed by atoms with van der Waals surface area (Å²) in [6, 6.07) is 0.618. The topological polar surface area (TPSA) is 33.1 Å². The predicted molar refractivity (Wildman–Crippen MR) is 85.2 cm³/mol. The maximum absolute atomic E-state index is 4.66. The zero-order valence-corrected chi connectivity index (χ0v) is 14.0. The first-order valence-electron chi connectivity index (χ1n) is 7.84. The molecule has 0 spiro atoms. The summed E-state index contributed by atoms with van der Waals surface area (Å²) in [5.41, 5.74) is 2.64. The van der Waals surface area contributed by atoms with E-state index in [1.807, 2.05) is 0 Å². The van der Waals surface area contributed by atoms with Crippen LogP contribution in [0, 0.1) is 6.92 Å². The Labute approximate surface area is 123 Å². The lowest BCUT2D eigenvalue weighted by molar-refractivity contribution is 0.422. The highest BCUT2D eigenvalue weighted by molar-refractivity contribution is 5.51. The number of anilines is 1. The highest BCUT2D eigenvalue weighted by Crippen LogP contribution is 2.29. The molecule has 20 heavy (non-hydrogen) atoms. The molecule has 1 aliphatic rings. The van der Waals surface area contributed by atoms with E-state index in [0.717, 1.165) is 18.8 Å². The Morgan fingerprint density at radius 3 is 2.60 bits per heavy atom. The second-order valence-electron chi connectivity index (χ2n) is 7.15. The van der Waals surface area contributed by atoms with Crippen LogP contribution < -0.4 is 10.2 Å². The molecule has 1 fully saturated rings. The number of nitrogens with zero attached hydrogens (tertiary/aromatic N) is 3. The van der Waals surface area contributed by atoms with Gasteiger partial charge in [-0.2, -0.15) is 5.10 Å². The van der Waals surface area contributed by atoms with Gasteiger partial charge in [0.15, 0.2) is 0 Å². The number of aromatic nitrogens is 2. The number of nitrogens with one attached hydrogen (secondary N) is 1. The van der Waals surface area contributed by atoms with E-state index < -0.39 is 0 Å². The van der Waals surface area contributed by atoms with E-state index in [1.165, 1.54) is 30.6 Å². The zero-order chi connectivity index (χ0) is 14.9. The van der Waals surface area contributed by atoms with E-state index in [9.17, 15) is 0 Å². The van der Waals surface area contributed by atoms with Crippen LogP contribution in [0.4, 0.5) is 5.82 Å². The summed E-state index contributed by atoms with van der Waals surface area (Å²) in [6.07, 6.45) is 3.93. The SMILES string of the molecule is Cc1nn(C)c(N2CCCCC2C)c1CNC(C)(C)C. The molecule has 2 rings (SSSR count). The van der Waals surface area contributed by atoms with Crippen LogP contribution in [0.3, 0.4) is 0 Å². The Morgan fingerprint density at radius 2 is 2.00 bits per heavy atom. The van der Waals surface area contributed by atoms with Crippen molar-refractivity contribution in [3.05, 3.63) is 11.3 Å². The van der Waals surface area contributed by atoms with Crippen molar-refractivity contribution in [2.75, 3.05) is 11.4 Å². The quantitative estimate of drug-likeness (QED) is 0.922. The van der Waals surface area contributed by atoms with E-state index in [-0.39, 0.29) is 5.54 Å². The van der Waals surface area contributed by atoms with Gasteiger partial charge in [-0.05, 0) is 53.9 Å². The van der Waals surface area contributed by atoms with Crippen LogP contribution in [-0.4, -0.2) is 27.9 Å². The molecule has 1 saturated heterocycles. The Kier molecular flexibility index (Phi) is 4.43. The molecule has 114 valence electrons. The number of rotatable bonds is 3. The predicted octanol–water partition coefficient (Wildman–Crippen LogP) is 3.00. The molecule has 4 nitrogen and oxygen atoms in total. The van der Waals surface area contributed by atoms with Crippen LogP contribution in [0.25, 0.3) is 0 Å². The van der Waals surface area contributed by atoms with Gasteiger partial charge in [0.1, 0.15) is 5.82 Å². The zero-order valence-electron chi connectivity index (χ0n) is 14.0. The van der Waals surface area contributed by atoms with Crippen molar-refractivity contribution in [2.24, 2.45) is 7.05 Å². The lowest BCUT2D eigenvalue weighted by Crippen LogP contribution is -2.40. The molecule has 1 N–H and O–H groups in total. The molecule has 0 amide bonds. The fourth-order valence-electron chi connectivity index (χ4n) is 3.02. The molecule has 0 saturated carbocycles. The minimum atomic E-state index is 0.132. The summed E-state index contributed by atoms with van der Waals surface area (Å²) < 4.78 is 2.07. The van der Waals surface area contributed by atoms with Gasteiger partial charge in [-0.15, -0.1) is 0 Å². The summed E-state index contributed by atoms with van der Waals surface area (Å²) >= 11 is 0. The number of aryl methyl sites for hydroxylation is 2. The first-order chi connectivity index (χ1) is 9.29. The van der Waals surface area contributed by atoms with Crippen molar-refractivity contribution in [1.29, 1.82) is 0 Å². The second-order valence-corrected chi connectivity index (χ2v) is 7.15. The molecule has 2 heterocycles. The fraction of sp³-hybridized carbons (Fsp3) is 0.812. The lowest BCUT2D eigenvalue weighted by Gasteiger charge is -2.36. The van der Waals surface area contributed by atoms with Crippen LogP contribution >= 0.6 is 0 Å². The smallest absolute Gasteiger partial charge is 0.131 e. The van der Waals surface area contributed by atoms with Gasteiger partial charge in [0.05, 0.1) is 5.69 Å². The van der Waals surface area contributed by atoms with E-state index in [2.05, 4.69) is 61.7 Å². The van der Waals surface area contributed by atoms with Gasteiger partial charge in [-0.3, -0.25) is 4.68 Å². The van der Waals surface area contributed by atoms with Gasteiger partial charge >= 0.3 is 0 Å². The summed E-state index contributed by atoms with van der Waals surface area (Å²) in [5, 5.41) is 8.26. The van der Waals surface area contributed by atoms with Gasteiger partial charge in [0.2, 0.25) is 0 Å². The highest BCUT2D eigenvalue weighted by Gasteiger charge is 2.26. The molecule has 4 heteroatoms. The van der Waals surface area contributed by atoms with Crippen LogP contribution in [0.15, 0.2) is 0 Å². The molecular formula is C16H30N4. The van der Waals surface area contributed by atoms with Crippen molar-refractivity contribution < 1.29 is 0 Å². The molecule has 1 aromatic heterocycles. The third-order valence-corrected chi connectivity index (χ3v) is 4.18. The van der Waals surface area contributed by atoms with Gasteiger partial charge in [0, 0.05) is 37.3 Å². The highest BCUT2D eigenvalue weighted by atomic mass is 15.4. The molecule has 0 aliphatic carbocycles. The molecule has 0 radical (unpaired) electrons. The molecule has 1 aromatic rings. The molecule has 1 atom stereocenters. The van der Waals surface area contributed by atoms with Crippen molar-refractivity contribution in [2.45, 2.75) is 72.0 Å². The van der Waals surface area contributed by atoms with Crippen molar-refractivity contribution >= 4 is 5.82 Å². The summed E-state index contributed by atoms with van der Waals surface area (Å²) in [5.74, 6) is 1.31. The summed E-state index contributed by atoms with van der Waals surface area (Å²) in [7, 11) is 2.07.